The van der Waals surface area contributed by atoms with E-state index in [0.29, 0.717) is 0 Å². The maximum Gasteiger partial charge on any atom is 0.0865 e. The van der Waals surface area contributed by atoms with Gasteiger partial charge >= 0.3 is 0 Å². The van der Waals surface area contributed by atoms with Gasteiger partial charge in [-0.25, -0.2) is 0 Å². The minimum Gasteiger partial charge on any atom is -0.349 e. The van der Waals surface area contributed by atoms with Crippen LogP contribution >= 0.6 is 0 Å². The normalized spacial score (nSPS) is 16.9. The van der Waals surface area contributed by atoms with Gasteiger partial charge in [-0.1, -0.05) is 60.7 Å². The lowest BCUT2D eigenvalue weighted by atomic mass is 9.96. The molecule has 0 fully saturated rings. The van der Waals surface area contributed by atoms with Gasteiger partial charge in [-0.05, 0) is 25.0 Å². The Hall–Kier alpha value is -2.09. The van der Waals surface area contributed by atoms with E-state index in [1.807, 2.05) is 6.34 Å². The number of hydrogen-bond donors (Lipinski definition) is 0. The molecule has 2 nitrogen and oxygen atoms in total. The quantitative estimate of drug-likeness (QED) is 0.821. The summed E-state index contributed by atoms with van der Waals surface area (Å²) in [5.74, 6) is 0. The Labute approximate surface area is 120 Å². The fraction of sp³-hybridized carbons (Fsp3) is 0.278. The molecule has 2 aromatic carbocycles. The third kappa shape index (κ3) is 2.60. The number of hydrogen-bond acceptors (Lipinski definition) is 2. The highest BCUT2D eigenvalue weighted by Gasteiger charge is 2.30. The largest absolute Gasteiger partial charge is 0.349 e. The van der Waals surface area contributed by atoms with E-state index in [1.165, 1.54) is 11.1 Å². The van der Waals surface area contributed by atoms with Crippen molar-refractivity contribution in [2.24, 2.45) is 4.99 Å². The molecular weight excluding hydrogens is 244 g/mol. The smallest absolute Gasteiger partial charge is 0.0865 e. The van der Waals surface area contributed by atoms with Gasteiger partial charge < -0.3 is 4.90 Å². The molecule has 3 rings (SSSR count). The van der Waals surface area contributed by atoms with Crippen LogP contribution < -0.4 is 0 Å². The Bertz CT molecular complexity index is 548. The van der Waals surface area contributed by atoms with Crippen molar-refractivity contribution in [3.8, 4) is 0 Å². The molecule has 0 aromatic heterocycles. The Kier molecular flexibility index (Phi) is 3.31. The first-order chi connectivity index (χ1) is 9.66. The molecule has 0 amide bonds. The molecule has 0 bridgehead atoms. The summed E-state index contributed by atoms with van der Waals surface area (Å²) >= 11 is 0. The van der Waals surface area contributed by atoms with Crippen molar-refractivity contribution in [1.82, 2.24) is 4.90 Å². The second kappa shape index (κ2) is 5.12. The lowest BCUT2D eigenvalue weighted by Crippen LogP contribution is -2.32. The van der Waals surface area contributed by atoms with E-state index in [2.05, 4.69) is 84.4 Å². The summed E-state index contributed by atoms with van der Waals surface area (Å²) in [4.78, 5) is 6.96. The predicted octanol–water partition coefficient (Wildman–Crippen LogP) is 3.90. The molecule has 0 unspecified atom stereocenters. The summed E-state index contributed by atoms with van der Waals surface area (Å²) in [6, 6.07) is 21.5. The summed E-state index contributed by atoms with van der Waals surface area (Å²) in [5.41, 5.74) is 2.62. The molecule has 0 N–H and O–H groups in total. The maximum atomic E-state index is 4.62. The zero-order valence-corrected chi connectivity index (χ0v) is 12.0. The first-order valence-electron chi connectivity index (χ1n) is 7.07. The van der Waals surface area contributed by atoms with Crippen LogP contribution in [0.4, 0.5) is 0 Å². The van der Waals surface area contributed by atoms with Crippen LogP contribution in [0.3, 0.4) is 0 Å². The van der Waals surface area contributed by atoms with Crippen molar-refractivity contribution in [2.45, 2.75) is 25.4 Å². The molecule has 2 aromatic rings. The summed E-state index contributed by atoms with van der Waals surface area (Å²) in [7, 11) is 0. The van der Waals surface area contributed by atoms with Crippen molar-refractivity contribution in [3.63, 3.8) is 0 Å². The molecule has 0 saturated carbocycles. The van der Waals surface area contributed by atoms with E-state index in [0.717, 1.165) is 6.54 Å². The molecule has 0 saturated heterocycles. The van der Waals surface area contributed by atoms with Gasteiger partial charge in [0.25, 0.3) is 0 Å². The summed E-state index contributed by atoms with van der Waals surface area (Å²) in [6.07, 6.45) is 2.00. The lowest BCUT2D eigenvalue weighted by molar-refractivity contribution is 0.334. The molecule has 1 aliphatic rings. The minimum atomic E-state index is 0.00180. The Morgan fingerprint density at radius 2 is 1.40 bits per heavy atom. The second-order valence-electron chi connectivity index (χ2n) is 5.95. The molecule has 1 aliphatic heterocycles. The van der Waals surface area contributed by atoms with Gasteiger partial charge in [0.15, 0.2) is 0 Å². The van der Waals surface area contributed by atoms with Crippen molar-refractivity contribution in [1.29, 1.82) is 0 Å². The second-order valence-corrected chi connectivity index (χ2v) is 5.95. The van der Waals surface area contributed by atoms with Crippen LogP contribution in [0.5, 0.6) is 0 Å². The molecule has 102 valence electrons. The Morgan fingerprint density at radius 3 is 1.80 bits per heavy atom. The van der Waals surface area contributed by atoms with Crippen molar-refractivity contribution in [2.75, 3.05) is 6.54 Å². The molecule has 0 aliphatic carbocycles. The highest BCUT2D eigenvalue weighted by atomic mass is 15.3. The zero-order chi connectivity index (χ0) is 14.0. The van der Waals surface area contributed by atoms with Gasteiger partial charge in [-0.15, -0.1) is 0 Å². The van der Waals surface area contributed by atoms with E-state index in [4.69, 9.17) is 0 Å². The lowest BCUT2D eigenvalue weighted by Gasteiger charge is -2.30. The maximum absolute atomic E-state index is 4.62. The monoisotopic (exact) mass is 264 g/mol. The number of aliphatic imine (C=N–C) groups is 1. The molecule has 0 atom stereocenters. The van der Waals surface area contributed by atoms with Gasteiger partial charge in [-0.2, -0.15) is 0 Å². The topological polar surface area (TPSA) is 15.6 Å². The summed E-state index contributed by atoms with van der Waals surface area (Å²) < 4.78 is 0. The third-order valence-corrected chi connectivity index (χ3v) is 3.69. The average Bonchev–Trinajstić information content (AvgIpc) is 2.81. The SMILES string of the molecule is CC1(C)CN(C(c2ccccc2)c2ccccc2)C=N1. The van der Waals surface area contributed by atoms with Gasteiger partial charge in [0.05, 0.1) is 17.9 Å². The number of nitrogens with zero attached hydrogens (tertiary/aromatic N) is 2. The van der Waals surface area contributed by atoms with Gasteiger partial charge in [0, 0.05) is 6.54 Å². The fourth-order valence-corrected chi connectivity index (χ4v) is 2.76. The van der Waals surface area contributed by atoms with Gasteiger partial charge in [0.1, 0.15) is 0 Å². The van der Waals surface area contributed by atoms with Crippen molar-refractivity contribution in [3.05, 3.63) is 71.8 Å². The Balaban J connectivity index is 2.00. The molecule has 0 radical (unpaired) electrons. The van der Waals surface area contributed by atoms with Gasteiger partial charge in [0.2, 0.25) is 0 Å². The molecular formula is C18H20N2. The first-order valence-corrected chi connectivity index (χ1v) is 7.07. The van der Waals surface area contributed by atoms with E-state index < -0.39 is 0 Å². The summed E-state index contributed by atoms with van der Waals surface area (Å²) in [5, 5.41) is 0. The Morgan fingerprint density at radius 1 is 0.900 bits per heavy atom. The van der Waals surface area contributed by atoms with Crippen LogP contribution in [-0.4, -0.2) is 23.3 Å². The molecule has 2 heteroatoms. The van der Waals surface area contributed by atoms with E-state index in [9.17, 15) is 0 Å². The summed E-state index contributed by atoms with van der Waals surface area (Å²) in [6.45, 7) is 5.30. The first kappa shape index (κ1) is 12.9. The van der Waals surface area contributed by atoms with Gasteiger partial charge in [-0.3, -0.25) is 4.99 Å². The van der Waals surface area contributed by atoms with E-state index in [-0.39, 0.29) is 11.6 Å². The number of rotatable bonds is 3. The zero-order valence-electron chi connectivity index (χ0n) is 12.0. The number of benzene rings is 2. The average molecular weight is 264 g/mol. The predicted molar refractivity (Wildman–Crippen MR) is 84.0 cm³/mol. The minimum absolute atomic E-state index is 0.00180. The van der Waals surface area contributed by atoms with Crippen molar-refractivity contribution >= 4 is 6.34 Å². The highest BCUT2D eigenvalue weighted by Crippen LogP contribution is 2.31. The van der Waals surface area contributed by atoms with Crippen LogP contribution in [0.2, 0.25) is 0 Å². The van der Waals surface area contributed by atoms with Crippen LogP contribution in [0.25, 0.3) is 0 Å². The van der Waals surface area contributed by atoms with Crippen LogP contribution in [0, 0.1) is 0 Å². The van der Waals surface area contributed by atoms with Crippen LogP contribution in [0.1, 0.15) is 31.0 Å². The third-order valence-electron chi connectivity index (χ3n) is 3.69. The molecule has 1 heterocycles. The van der Waals surface area contributed by atoms with Crippen LogP contribution in [-0.2, 0) is 0 Å². The highest BCUT2D eigenvalue weighted by molar-refractivity contribution is 5.61. The standard InChI is InChI=1S/C18H20N2/c1-18(2)13-20(14-19-18)17(15-9-5-3-6-10-15)16-11-7-4-8-12-16/h3-12,14,17H,13H2,1-2H3. The van der Waals surface area contributed by atoms with Crippen LogP contribution in [0.15, 0.2) is 65.7 Å². The fourth-order valence-electron chi connectivity index (χ4n) is 2.76. The van der Waals surface area contributed by atoms with E-state index >= 15 is 0 Å². The molecule has 0 spiro atoms. The van der Waals surface area contributed by atoms with Crippen molar-refractivity contribution < 1.29 is 0 Å². The van der Waals surface area contributed by atoms with E-state index in [1.54, 1.807) is 0 Å². The molecule has 20 heavy (non-hydrogen) atoms.